The Balaban J connectivity index is 2.25. The van der Waals surface area contributed by atoms with Crippen molar-refractivity contribution in [2.24, 2.45) is 5.73 Å². The van der Waals surface area contributed by atoms with E-state index in [4.69, 9.17) is 11.0 Å². The summed E-state index contributed by atoms with van der Waals surface area (Å²) in [7, 11) is 0. The molecule has 90 valence electrons. The molecule has 4 heteroatoms. The summed E-state index contributed by atoms with van der Waals surface area (Å²) in [6.07, 6.45) is 2.04. The molecule has 0 radical (unpaired) electrons. The average Bonchev–Trinajstić information content (AvgIpc) is 2.30. The first-order chi connectivity index (χ1) is 8.11. The summed E-state index contributed by atoms with van der Waals surface area (Å²) in [4.78, 5) is 2.36. The molecular formula is C13H16BrN3. The van der Waals surface area contributed by atoms with Gasteiger partial charge in [-0.15, -0.1) is 0 Å². The molecule has 2 N–H and O–H groups in total. The molecule has 0 bridgehead atoms. The Kier molecular flexibility index (Phi) is 3.70. The van der Waals surface area contributed by atoms with E-state index in [1.807, 2.05) is 18.2 Å². The molecule has 17 heavy (non-hydrogen) atoms. The Bertz CT molecular complexity index is 452. The molecule has 1 fully saturated rings. The largest absolute Gasteiger partial charge is 0.368 e. The Labute approximate surface area is 110 Å². The zero-order valence-corrected chi connectivity index (χ0v) is 11.4. The standard InChI is InChI=1S/C13H16BrN3/c1-9-6-11(16)4-5-17(9)13-3-2-10(8-15)7-12(13)14/h2-3,7,9,11H,4-6,16H2,1H3. The molecule has 0 saturated carbocycles. The Morgan fingerprint density at radius 3 is 2.88 bits per heavy atom. The van der Waals surface area contributed by atoms with Crippen LogP contribution in [0.1, 0.15) is 25.3 Å². The SMILES string of the molecule is CC1CC(N)CCN1c1ccc(C#N)cc1Br. The van der Waals surface area contributed by atoms with Gasteiger partial charge in [-0.1, -0.05) is 0 Å². The van der Waals surface area contributed by atoms with Crippen LogP contribution in [0.25, 0.3) is 0 Å². The molecular weight excluding hydrogens is 278 g/mol. The van der Waals surface area contributed by atoms with Crippen LogP contribution in [0, 0.1) is 11.3 Å². The lowest BCUT2D eigenvalue weighted by atomic mass is 9.98. The quantitative estimate of drug-likeness (QED) is 0.866. The molecule has 2 atom stereocenters. The molecule has 1 aromatic carbocycles. The van der Waals surface area contributed by atoms with E-state index < -0.39 is 0 Å². The Morgan fingerprint density at radius 2 is 2.29 bits per heavy atom. The van der Waals surface area contributed by atoms with Crippen LogP contribution in [0.5, 0.6) is 0 Å². The van der Waals surface area contributed by atoms with Gasteiger partial charge in [-0.05, 0) is 53.9 Å². The van der Waals surface area contributed by atoms with E-state index in [2.05, 4.69) is 33.8 Å². The molecule has 1 aliphatic rings. The highest BCUT2D eigenvalue weighted by atomic mass is 79.9. The fraction of sp³-hybridized carbons (Fsp3) is 0.462. The first-order valence-corrected chi connectivity index (χ1v) is 6.63. The van der Waals surface area contributed by atoms with Crippen molar-refractivity contribution in [3.05, 3.63) is 28.2 Å². The van der Waals surface area contributed by atoms with Crippen LogP contribution in [-0.2, 0) is 0 Å². The average molecular weight is 294 g/mol. The number of benzene rings is 1. The summed E-state index contributed by atoms with van der Waals surface area (Å²) in [5, 5.41) is 8.85. The maximum atomic E-state index is 8.85. The van der Waals surface area contributed by atoms with Crippen LogP contribution >= 0.6 is 15.9 Å². The number of halogens is 1. The number of anilines is 1. The highest BCUT2D eigenvalue weighted by Gasteiger charge is 2.24. The molecule has 0 aromatic heterocycles. The van der Waals surface area contributed by atoms with Gasteiger partial charge in [0.05, 0.1) is 17.3 Å². The van der Waals surface area contributed by atoms with Gasteiger partial charge in [0.15, 0.2) is 0 Å². The van der Waals surface area contributed by atoms with E-state index >= 15 is 0 Å². The minimum atomic E-state index is 0.318. The molecule has 1 aromatic rings. The lowest BCUT2D eigenvalue weighted by Crippen LogP contribution is -2.45. The van der Waals surface area contributed by atoms with Crippen molar-refractivity contribution in [3.63, 3.8) is 0 Å². The fourth-order valence-corrected chi connectivity index (χ4v) is 2.98. The van der Waals surface area contributed by atoms with E-state index in [0.717, 1.165) is 29.5 Å². The van der Waals surface area contributed by atoms with Crippen molar-refractivity contribution in [2.45, 2.75) is 31.8 Å². The molecule has 2 unspecified atom stereocenters. The van der Waals surface area contributed by atoms with Crippen LogP contribution in [0.2, 0.25) is 0 Å². The molecule has 2 rings (SSSR count). The van der Waals surface area contributed by atoms with Gasteiger partial charge in [0.2, 0.25) is 0 Å². The zero-order valence-electron chi connectivity index (χ0n) is 9.86. The van der Waals surface area contributed by atoms with E-state index in [9.17, 15) is 0 Å². The van der Waals surface area contributed by atoms with Crippen molar-refractivity contribution >= 4 is 21.6 Å². The second-order valence-corrected chi connectivity index (χ2v) is 5.46. The van der Waals surface area contributed by atoms with Crippen LogP contribution in [-0.4, -0.2) is 18.6 Å². The minimum absolute atomic E-state index is 0.318. The second kappa shape index (κ2) is 5.07. The predicted molar refractivity (Wildman–Crippen MR) is 72.9 cm³/mol. The van der Waals surface area contributed by atoms with Gasteiger partial charge in [-0.25, -0.2) is 0 Å². The topological polar surface area (TPSA) is 53.0 Å². The molecule has 1 heterocycles. The number of nitrogens with zero attached hydrogens (tertiary/aromatic N) is 2. The van der Waals surface area contributed by atoms with Gasteiger partial charge in [-0.2, -0.15) is 5.26 Å². The smallest absolute Gasteiger partial charge is 0.0992 e. The van der Waals surface area contributed by atoms with Gasteiger partial charge in [0, 0.05) is 23.1 Å². The van der Waals surface area contributed by atoms with Crippen molar-refractivity contribution in [3.8, 4) is 6.07 Å². The highest BCUT2D eigenvalue weighted by Crippen LogP contribution is 2.31. The van der Waals surface area contributed by atoms with Gasteiger partial charge >= 0.3 is 0 Å². The first kappa shape index (κ1) is 12.4. The van der Waals surface area contributed by atoms with Crippen LogP contribution in [0.15, 0.2) is 22.7 Å². The first-order valence-electron chi connectivity index (χ1n) is 5.83. The second-order valence-electron chi connectivity index (χ2n) is 4.60. The van der Waals surface area contributed by atoms with Crippen molar-refractivity contribution < 1.29 is 0 Å². The number of hydrogen-bond acceptors (Lipinski definition) is 3. The molecule has 0 spiro atoms. The third kappa shape index (κ3) is 2.62. The zero-order chi connectivity index (χ0) is 12.4. The van der Waals surface area contributed by atoms with Crippen LogP contribution < -0.4 is 10.6 Å². The number of nitrogens with two attached hydrogens (primary N) is 1. The summed E-state index contributed by atoms with van der Waals surface area (Å²) in [5.41, 5.74) is 7.81. The van der Waals surface area contributed by atoms with E-state index in [0.29, 0.717) is 17.6 Å². The van der Waals surface area contributed by atoms with Crippen LogP contribution in [0.3, 0.4) is 0 Å². The van der Waals surface area contributed by atoms with Gasteiger partial charge in [0.25, 0.3) is 0 Å². The lowest BCUT2D eigenvalue weighted by molar-refractivity contribution is 0.429. The summed E-state index contributed by atoms with van der Waals surface area (Å²) >= 11 is 3.54. The van der Waals surface area contributed by atoms with E-state index in [-0.39, 0.29) is 0 Å². The Morgan fingerprint density at radius 1 is 1.53 bits per heavy atom. The van der Waals surface area contributed by atoms with Crippen molar-refractivity contribution in [1.29, 1.82) is 5.26 Å². The summed E-state index contributed by atoms with van der Waals surface area (Å²) in [6.45, 7) is 3.18. The normalized spacial score (nSPS) is 24.5. The predicted octanol–water partition coefficient (Wildman–Crippen LogP) is 2.64. The van der Waals surface area contributed by atoms with Gasteiger partial charge in [0.1, 0.15) is 0 Å². The molecule has 1 saturated heterocycles. The Hall–Kier alpha value is -1.05. The summed E-state index contributed by atoms with van der Waals surface area (Å²) < 4.78 is 0.985. The van der Waals surface area contributed by atoms with Crippen LogP contribution in [0.4, 0.5) is 5.69 Å². The minimum Gasteiger partial charge on any atom is -0.368 e. The molecule has 0 amide bonds. The van der Waals surface area contributed by atoms with Crippen molar-refractivity contribution in [1.82, 2.24) is 0 Å². The van der Waals surface area contributed by atoms with E-state index in [1.54, 1.807) is 0 Å². The maximum absolute atomic E-state index is 8.85. The lowest BCUT2D eigenvalue weighted by Gasteiger charge is -2.38. The summed E-state index contributed by atoms with van der Waals surface area (Å²) in [6, 6.07) is 8.66. The monoisotopic (exact) mass is 293 g/mol. The van der Waals surface area contributed by atoms with Gasteiger partial charge in [-0.3, -0.25) is 0 Å². The number of hydrogen-bond donors (Lipinski definition) is 1. The molecule has 1 aliphatic heterocycles. The van der Waals surface area contributed by atoms with E-state index in [1.165, 1.54) is 0 Å². The fourth-order valence-electron chi connectivity index (χ4n) is 2.38. The maximum Gasteiger partial charge on any atom is 0.0992 e. The number of piperidine rings is 1. The van der Waals surface area contributed by atoms with Gasteiger partial charge < -0.3 is 10.6 Å². The highest BCUT2D eigenvalue weighted by molar-refractivity contribution is 9.10. The third-order valence-corrected chi connectivity index (χ3v) is 3.94. The number of rotatable bonds is 1. The summed E-state index contributed by atoms with van der Waals surface area (Å²) in [5.74, 6) is 0. The van der Waals surface area contributed by atoms with Crippen molar-refractivity contribution in [2.75, 3.05) is 11.4 Å². The molecule has 0 aliphatic carbocycles. The molecule has 3 nitrogen and oxygen atoms in total. The number of nitriles is 1. The third-order valence-electron chi connectivity index (χ3n) is 3.30.